The molecule has 1 aromatic carbocycles. The van der Waals surface area contributed by atoms with Crippen molar-refractivity contribution >= 4 is 11.4 Å². The van der Waals surface area contributed by atoms with Gasteiger partial charge in [0.15, 0.2) is 0 Å². The number of nitrogens with one attached hydrogen (secondary N) is 1. The summed E-state index contributed by atoms with van der Waals surface area (Å²) in [5, 5.41) is 0. The van der Waals surface area contributed by atoms with Crippen LogP contribution in [0, 0.1) is 47.3 Å². The number of aliphatic imine (C=N–C) groups is 2. The van der Waals surface area contributed by atoms with Crippen molar-refractivity contribution in [2.45, 2.75) is 218 Å². The minimum Gasteiger partial charge on any atom is -0.354 e. The smallest absolute Gasteiger partial charge is 0.0946 e. The average Bonchev–Trinajstić information content (AvgIpc) is 4.27. The molecule has 83 heavy (non-hydrogen) atoms. The van der Waals surface area contributed by atoms with Crippen LogP contribution >= 0.6 is 0 Å². The molecule has 466 valence electrons. The molecule has 2 aliphatic rings. The largest absolute Gasteiger partial charge is 0.354 e. The number of nitrogens with zero attached hydrogens (tertiary/aromatic N) is 8. The third kappa shape index (κ3) is 45.2. The summed E-state index contributed by atoms with van der Waals surface area (Å²) in [4.78, 5) is 28.3. The first-order valence-electron chi connectivity index (χ1n) is 30.2. The summed E-state index contributed by atoms with van der Waals surface area (Å²) in [5.74, 6) is 5.91. The minimum atomic E-state index is 0. The lowest BCUT2D eigenvalue weighted by Crippen LogP contribution is -1.99. The number of aryl methyl sites for hydroxylation is 2. The topological polar surface area (TPSA) is 102 Å². The zero-order valence-corrected chi connectivity index (χ0v) is 54.2. The summed E-state index contributed by atoms with van der Waals surface area (Å²) in [6.45, 7) is 44.1. The molecule has 2 aliphatic heterocycles. The van der Waals surface area contributed by atoms with Gasteiger partial charge >= 0.3 is 0 Å². The van der Waals surface area contributed by atoms with Crippen molar-refractivity contribution < 1.29 is 0 Å². The molecule has 1 N–H and O–H groups in total. The molecular formula is C74H125N9. The molecule has 0 atom stereocenters. The third-order valence-corrected chi connectivity index (χ3v) is 12.1. The van der Waals surface area contributed by atoms with Gasteiger partial charge < -0.3 is 14.1 Å². The zero-order chi connectivity index (χ0) is 59.8. The maximum Gasteiger partial charge on any atom is 0.0946 e. The van der Waals surface area contributed by atoms with E-state index >= 15 is 0 Å². The Morgan fingerprint density at radius 2 is 1.07 bits per heavy atom. The lowest BCUT2D eigenvalue weighted by atomic mass is 9.97. The van der Waals surface area contributed by atoms with Gasteiger partial charge in [0.25, 0.3) is 0 Å². The number of H-pyrrole nitrogens is 1. The Bertz CT molecular complexity index is 2390. The predicted molar refractivity (Wildman–Crippen MR) is 369 cm³/mol. The number of hydrogen-bond donors (Lipinski definition) is 1. The fraction of sp³-hybridized carbons (Fsp3) is 0.568. The van der Waals surface area contributed by atoms with Crippen LogP contribution in [-0.2, 0) is 45.7 Å². The van der Waals surface area contributed by atoms with Crippen LogP contribution in [0.25, 0.3) is 0 Å². The first-order valence-corrected chi connectivity index (χ1v) is 30.2. The monoisotopic (exact) mass is 1140 g/mol. The van der Waals surface area contributed by atoms with Crippen LogP contribution in [-0.4, -0.2) is 52.0 Å². The van der Waals surface area contributed by atoms with E-state index in [1.807, 2.05) is 60.9 Å². The molecule has 9 heteroatoms. The highest BCUT2D eigenvalue weighted by Crippen LogP contribution is 2.22. The van der Waals surface area contributed by atoms with Crippen LogP contribution in [0.5, 0.6) is 0 Å². The summed E-state index contributed by atoms with van der Waals surface area (Å²) in [7, 11) is 2.00. The molecule has 0 aliphatic carbocycles. The van der Waals surface area contributed by atoms with Crippen molar-refractivity contribution in [1.29, 1.82) is 0 Å². The highest BCUT2D eigenvalue weighted by molar-refractivity contribution is 6.00. The van der Waals surface area contributed by atoms with E-state index in [2.05, 4.69) is 250 Å². The van der Waals surface area contributed by atoms with Crippen molar-refractivity contribution in [2.75, 3.05) is 6.54 Å². The van der Waals surface area contributed by atoms with E-state index in [-0.39, 0.29) is 22.3 Å². The molecule has 0 saturated heterocycles. The standard InChI is InChI=1S/C10H17N.C10H14.2C9H15N.2C9H13N.C8H14N2.C7H12N2.3CH4/c1-7(2)5-10-8(3)6-11-9(10)4;1-9(2)8-10-6-4-3-5-7-10;1-7(2)6-9-5-4-8(3)10-9;1-9(2)5-8-10-6-3-4-7-10;1-8(2)6-9-4-3-5-10-7-9;1-8(2)7-9-5-3-4-6-10-9;1-7(2)4-8-5-10(3)6-9-8;1-6(2)3-7-4-8-5-9-7;;;/h7H,5-6H2,1-4H3;3-7,9H,8H2,1-2H3;5,7H,4,6H2,1-3H3;3-4,6-7,9H,5,8H2,1-2H3;3-5,7-8H,6H2,1-2H3;3-6,8H,7H2,1-2H3;5-7H,4H2,1-3H3;4-6H,3H2,1-2H3,(H,8,9);3*1H4. The second kappa shape index (κ2) is 48.4. The van der Waals surface area contributed by atoms with Gasteiger partial charge in [-0.15, -0.1) is 0 Å². The quantitative estimate of drug-likeness (QED) is 0.0983. The molecule has 0 amide bonds. The molecule has 0 radical (unpaired) electrons. The van der Waals surface area contributed by atoms with E-state index in [1.165, 1.54) is 75.7 Å². The molecule has 8 rings (SSSR count). The molecule has 9 nitrogen and oxygen atoms in total. The third-order valence-electron chi connectivity index (χ3n) is 12.1. The van der Waals surface area contributed by atoms with E-state index in [1.54, 1.807) is 6.33 Å². The summed E-state index contributed by atoms with van der Waals surface area (Å²) >= 11 is 0. The van der Waals surface area contributed by atoms with Gasteiger partial charge in [-0.25, -0.2) is 9.97 Å². The summed E-state index contributed by atoms with van der Waals surface area (Å²) in [6, 6.07) is 24.9. The Balaban J connectivity index is -0.000000877. The van der Waals surface area contributed by atoms with Gasteiger partial charge in [0.2, 0.25) is 0 Å². The van der Waals surface area contributed by atoms with Gasteiger partial charge in [-0.2, -0.15) is 0 Å². The predicted octanol–water partition coefficient (Wildman–Crippen LogP) is 20.7. The highest BCUT2D eigenvalue weighted by Gasteiger charge is 2.13. The van der Waals surface area contributed by atoms with Crippen LogP contribution in [0.2, 0.25) is 0 Å². The first kappa shape index (κ1) is 81.3. The van der Waals surface area contributed by atoms with Crippen molar-refractivity contribution in [3.63, 3.8) is 0 Å². The molecule has 0 bridgehead atoms. The number of aromatic amines is 1. The van der Waals surface area contributed by atoms with E-state index < -0.39 is 0 Å². The summed E-state index contributed by atoms with van der Waals surface area (Å²) < 4.78 is 4.21. The highest BCUT2D eigenvalue weighted by atomic mass is 15.0. The van der Waals surface area contributed by atoms with Crippen LogP contribution in [0.3, 0.4) is 0 Å². The number of allylic oxidation sites excluding steroid dienone is 3. The van der Waals surface area contributed by atoms with Crippen molar-refractivity contribution in [2.24, 2.45) is 64.4 Å². The second-order valence-corrected chi connectivity index (χ2v) is 25.0. The maximum absolute atomic E-state index is 4.41. The summed E-state index contributed by atoms with van der Waals surface area (Å²) in [6.07, 6.45) is 29.8. The number of pyridine rings is 2. The Morgan fingerprint density at radius 1 is 0.518 bits per heavy atom. The average molecular weight is 1140 g/mol. The van der Waals surface area contributed by atoms with Gasteiger partial charge in [-0.1, -0.05) is 182 Å². The van der Waals surface area contributed by atoms with Crippen LogP contribution in [0.15, 0.2) is 162 Å². The maximum atomic E-state index is 4.41. The second-order valence-electron chi connectivity index (χ2n) is 25.0. The van der Waals surface area contributed by atoms with E-state index in [0.29, 0.717) is 17.8 Å². The SMILES string of the molecule is C.C.C.CC(C)CCn1cccc1.CC(C)Cc1ccccc1.CC(C)Cc1ccccn1.CC(C)Cc1cccnc1.CC(C)Cc1cn(C)cn1.CC(C)Cc1cnc[nH]1.CC1=NC(CC(C)C)=CC1.CC1=NCC(C)=C1CC(C)C. The van der Waals surface area contributed by atoms with E-state index in [4.69, 9.17) is 0 Å². The number of imidazole rings is 2. The number of hydrogen-bond acceptors (Lipinski definition) is 6. The fourth-order valence-corrected chi connectivity index (χ4v) is 8.38. The Kier molecular flexibility index (Phi) is 47.4. The van der Waals surface area contributed by atoms with Crippen LogP contribution < -0.4 is 0 Å². The molecule has 5 aromatic heterocycles. The van der Waals surface area contributed by atoms with Crippen molar-refractivity contribution in [3.05, 3.63) is 180 Å². The molecule has 0 spiro atoms. The van der Waals surface area contributed by atoms with Gasteiger partial charge in [-0.05, 0) is 172 Å². The van der Waals surface area contributed by atoms with Crippen LogP contribution in [0.1, 0.15) is 208 Å². The first-order chi connectivity index (χ1) is 37.9. The van der Waals surface area contributed by atoms with Gasteiger partial charge in [0.05, 0.1) is 24.9 Å². The molecule has 7 heterocycles. The van der Waals surface area contributed by atoms with E-state index in [9.17, 15) is 0 Å². The number of rotatable bonds is 17. The minimum absolute atomic E-state index is 0. The van der Waals surface area contributed by atoms with Gasteiger partial charge in [-0.3, -0.25) is 20.0 Å². The van der Waals surface area contributed by atoms with Gasteiger partial charge in [0.1, 0.15) is 0 Å². The summed E-state index contributed by atoms with van der Waals surface area (Å²) in [5.41, 5.74) is 13.2. The molecule has 6 aromatic rings. The molecule has 0 saturated carbocycles. The normalized spacial score (nSPS) is 12.0. The zero-order valence-electron chi connectivity index (χ0n) is 54.2. The van der Waals surface area contributed by atoms with Crippen molar-refractivity contribution in [1.82, 2.24) is 34.1 Å². The Morgan fingerprint density at radius 3 is 1.51 bits per heavy atom. The molecule has 0 fully saturated rings. The Labute approximate surface area is 512 Å². The van der Waals surface area contributed by atoms with Gasteiger partial charge in [0, 0.05) is 91.9 Å². The lowest BCUT2D eigenvalue weighted by Gasteiger charge is -2.07. The Hall–Kier alpha value is -5.96. The van der Waals surface area contributed by atoms with Crippen LogP contribution in [0.4, 0.5) is 0 Å². The molecular weight excluding hydrogens is 1010 g/mol. The van der Waals surface area contributed by atoms with E-state index in [0.717, 1.165) is 81.2 Å². The fourth-order valence-electron chi connectivity index (χ4n) is 8.38. The number of aromatic nitrogens is 7. The lowest BCUT2D eigenvalue weighted by molar-refractivity contribution is 0.517. The number of benzene rings is 1. The van der Waals surface area contributed by atoms with Crippen molar-refractivity contribution in [3.8, 4) is 0 Å². The molecule has 0 unspecified atom stereocenters.